The second-order valence-electron chi connectivity index (χ2n) is 7.32. The van der Waals surface area contributed by atoms with E-state index in [4.69, 9.17) is 4.74 Å². The summed E-state index contributed by atoms with van der Waals surface area (Å²) in [6.45, 7) is 5.92. The van der Waals surface area contributed by atoms with E-state index >= 15 is 0 Å². The molecule has 3 rings (SSSR count). The van der Waals surface area contributed by atoms with E-state index < -0.39 is 5.97 Å². The van der Waals surface area contributed by atoms with Crippen LogP contribution in [0.2, 0.25) is 0 Å². The van der Waals surface area contributed by atoms with E-state index in [9.17, 15) is 9.59 Å². The van der Waals surface area contributed by atoms with Crippen LogP contribution in [0.1, 0.15) is 48.5 Å². The standard InChI is InChI=1S/C21H26N2O3S/c1-13-8-7-11-17(14(13)2)23-18(24)12-26-21(25)19-15(3)22-20(27-19)16-9-5-4-6-10-16/h4-6,9-10,13-14,17H,7-8,11-12H2,1-3H3,(H,23,24)/t13-,14+,17-/m1/s1. The van der Waals surface area contributed by atoms with Crippen LogP contribution in [0.25, 0.3) is 10.6 Å². The van der Waals surface area contributed by atoms with Crippen molar-refractivity contribution in [3.8, 4) is 10.6 Å². The molecule has 0 unspecified atom stereocenters. The lowest BCUT2D eigenvalue weighted by Crippen LogP contribution is -2.45. The summed E-state index contributed by atoms with van der Waals surface area (Å²) in [4.78, 5) is 29.5. The van der Waals surface area contributed by atoms with Gasteiger partial charge in [-0.25, -0.2) is 9.78 Å². The highest BCUT2D eigenvalue weighted by Crippen LogP contribution is 2.30. The summed E-state index contributed by atoms with van der Waals surface area (Å²) in [7, 11) is 0. The summed E-state index contributed by atoms with van der Waals surface area (Å²) in [6.07, 6.45) is 3.31. The molecule has 144 valence electrons. The van der Waals surface area contributed by atoms with E-state index in [1.165, 1.54) is 17.8 Å². The Bertz CT molecular complexity index is 803. The predicted octanol–water partition coefficient (Wildman–Crippen LogP) is 4.22. The van der Waals surface area contributed by atoms with Crippen LogP contribution in [-0.2, 0) is 9.53 Å². The Balaban J connectivity index is 1.56. The number of hydrogen-bond donors (Lipinski definition) is 1. The Morgan fingerprint density at radius 2 is 1.96 bits per heavy atom. The molecule has 0 spiro atoms. The minimum Gasteiger partial charge on any atom is -0.451 e. The third-order valence-electron chi connectivity index (χ3n) is 5.39. The van der Waals surface area contributed by atoms with E-state index in [1.807, 2.05) is 30.3 Å². The molecule has 0 bridgehead atoms. The van der Waals surface area contributed by atoms with Gasteiger partial charge in [0.05, 0.1) is 5.69 Å². The summed E-state index contributed by atoms with van der Waals surface area (Å²) in [6, 6.07) is 9.87. The number of thiazole rings is 1. The number of benzene rings is 1. The number of ether oxygens (including phenoxy) is 1. The maximum Gasteiger partial charge on any atom is 0.350 e. The van der Waals surface area contributed by atoms with Crippen molar-refractivity contribution in [1.29, 1.82) is 0 Å². The number of esters is 1. The van der Waals surface area contributed by atoms with Crippen LogP contribution in [0, 0.1) is 18.8 Å². The van der Waals surface area contributed by atoms with Gasteiger partial charge in [-0.3, -0.25) is 4.79 Å². The minimum absolute atomic E-state index is 0.162. The van der Waals surface area contributed by atoms with Gasteiger partial charge in [-0.1, -0.05) is 57.0 Å². The van der Waals surface area contributed by atoms with E-state index in [-0.39, 0.29) is 18.6 Å². The maximum absolute atomic E-state index is 12.4. The highest BCUT2D eigenvalue weighted by atomic mass is 32.1. The summed E-state index contributed by atoms with van der Waals surface area (Å²) in [5, 5.41) is 3.80. The van der Waals surface area contributed by atoms with Gasteiger partial charge >= 0.3 is 5.97 Å². The van der Waals surface area contributed by atoms with Crippen LogP contribution in [0.4, 0.5) is 0 Å². The van der Waals surface area contributed by atoms with Gasteiger partial charge in [0.1, 0.15) is 9.88 Å². The van der Waals surface area contributed by atoms with Crippen molar-refractivity contribution in [3.05, 3.63) is 40.9 Å². The van der Waals surface area contributed by atoms with Gasteiger partial charge in [0, 0.05) is 11.6 Å². The molecule has 3 atom stereocenters. The quantitative estimate of drug-likeness (QED) is 0.782. The average Bonchev–Trinajstić information content (AvgIpc) is 3.06. The summed E-state index contributed by atoms with van der Waals surface area (Å²) < 4.78 is 5.24. The number of nitrogens with one attached hydrogen (secondary N) is 1. The normalized spacial score (nSPS) is 22.3. The second kappa shape index (κ2) is 8.65. The fourth-order valence-electron chi connectivity index (χ4n) is 3.52. The molecular weight excluding hydrogens is 360 g/mol. The minimum atomic E-state index is -0.493. The Labute approximate surface area is 164 Å². The van der Waals surface area contributed by atoms with Crippen LogP contribution in [0.3, 0.4) is 0 Å². The molecule has 5 nitrogen and oxygen atoms in total. The van der Waals surface area contributed by atoms with E-state index in [2.05, 4.69) is 24.1 Å². The van der Waals surface area contributed by atoms with Crippen LogP contribution < -0.4 is 5.32 Å². The van der Waals surface area contributed by atoms with E-state index in [1.54, 1.807) is 6.92 Å². The first-order valence-corrected chi connectivity index (χ1v) is 10.3. The molecule has 6 heteroatoms. The number of amides is 1. The third kappa shape index (κ3) is 4.75. The number of aryl methyl sites for hydroxylation is 1. The van der Waals surface area contributed by atoms with Crippen LogP contribution in [-0.4, -0.2) is 29.5 Å². The van der Waals surface area contributed by atoms with E-state index in [0.29, 0.717) is 22.4 Å². The molecule has 27 heavy (non-hydrogen) atoms. The third-order valence-corrected chi connectivity index (χ3v) is 6.58. The molecule has 1 N–H and O–H groups in total. The maximum atomic E-state index is 12.4. The Morgan fingerprint density at radius 3 is 2.70 bits per heavy atom. The molecule has 1 aliphatic rings. The second-order valence-corrected chi connectivity index (χ2v) is 8.32. The fraction of sp³-hybridized carbons (Fsp3) is 0.476. The SMILES string of the molecule is Cc1nc(-c2ccccc2)sc1C(=O)OCC(=O)N[C@@H]1CCC[C@@H](C)[C@@H]1C. The lowest BCUT2D eigenvalue weighted by molar-refractivity contribution is -0.125. The highest BCUT2D eigenvalue weighted by molar-refractivity contribution is 7.17. The van der Waals surface area contributed by atoms with Crippen molar-refractivity contribution >= 4 is 23.2 Å². The highest BCUT2D eigenvalue weighted by Gasteiger charge is 2.28. The summed E-state index contributed by atoms with van der Waals surface area (Å²) in [5.74, 6) is 0.311. The molecule has 0 saturated heterocycles. The van der Waals surface area contributed by atoms with Crippen molar-refractivity contribution in [1.82, 2.24) is 10.3 Å². The van der Waals surface area contributed by atoms with Crippen LogP contribution >= 0.6 is 11.3 Å². The van der Waals surface area contributed by atoms with Gasteiger partial charge in [-0.05, 0) is 25.2 Å². The zero-order chi connectivity index (χ0) is 19.4. The molecule has 1 fully saturated rings. The smallest absolute Gasteiger partial charge is 0.350 e. The van der Waals surface area contributed by atoms with Gasteiger partial charge in [-0.2, -0.15) is 0 Å². The average molecular weight is 387 g/mol. The predicted molar refractivity (Wildman–Crippen MR) is 107 cm³/mol. The van der Waals surface area contributed by atoms with Crippen molar-refractivity contribution < 1.29 is 14.3 Å². The summed E-state index contributed by atoms with van der Waals surface area (Å²) >= 11 is 1.29. The first kappa shape index (κ1) is 19.5. The van der Waals surface area contributed by atoms with Crippen LogP contribution in [0.15, 0.2) is 30.3 Å². The molecule has 1 aromatic heterocycles. The molecule has 0 aliphatic heterocycles. The molecule has 1 saturated carbocycles. The van der Waals surface area contributed by atoms with E-state index in [0.717, 1.165) is 23.4 Å². The first-order chi connectivity index (χ1) is 13.0. The number of aromatic nitrogens is 1. The molecule has 1 heterocycles. The lowest BCUT2D eigenvalue weighted by Gasteiger charge is -2.34. The monoisotopic (exact) mass is 386 g/mol. The first-order valence-electron chi connectivity index (χ1n) is 9.45. The van der Waals surface area contributed by atoms with Crippen LogP contribution in [0.5, 0.6) is 0 Å². The lowest BCUT2D eigenvalue weighted by atomic mass is 9.78. The number of carbonyl (C=O) groups excluding carboxylic acids is 2. The topological polar surface area (TPSA) is 68.3 Å². The van der Waals surface area contributed by atoms with Gasteiger partial charge in [0.25, 0.3) is 5.91 Å². The molecule has 0 radical (unpaired) electrons. The summed E-state index contributed by atoms with van der Waals surface area (Å²) in [5.41, 5.74) is 1.58. The Morgan fingerprint density at radius 1 is 1.22 bits per heavy atom. The molecule has 2 aromatic rings. The zero-order valence-corrected chi connectivity index (χ0v) is 16.8. The molecule has 1 aliphatic carbocycles. The van der Waals surface area contributed by atoms with Gasteiger partial charge in [0.2, 0.25) is 0 Å². The Kier molecular flexibility index (Phi) is 6.26. The van der Waals surface area contributed by atoms with Crippen molar-refractivity contribution in [2.24, 2.45) is 11.8 Å². The molecule has 1 amide bonds. The van der Waals surface area contributed by atoms with Gasteiger partial charge in [-0.15, -0.1) is 11.3 Å². The van der Waals surface area contributed by atoms with Gasteiger partial charge < -0.3 is 10.1 Å². The van der Waals surface area contributed by atoms with Crippen molar-refractivity contribution in [2.45, 2.75) is 46.1 Å². The van der Waals surface area contributed by atoms with Gasteiger partial charge in [0.15, 0.2) is 6.61 Å². The number of rotatable bonds is 5. The number of hydrogen-bond acceptors (Lipinski definition) is 5. The fourth-order valence-corrected chi connectivity index (χ4v) is 4.49. The molecule has 1 aromatic carbocycles. The van der Waals surface area contributed by atoms with Crippen molar-refractivity contribution in [2.75, 3.05) is 6.61 Å². The number of nitrogens with zero attached hydrogens (tertiary/aromatic N) is 1. The Hall–Kier alpha value is -2.21. The molecular formula is C21H26N2O3S. The largest absolute Gasteiger partial charge is 0.451 e. The zero-order valence-electron chi connectivity index (χ0n) is 16.0. The van der Waals surface area contributed by atoms with Crippen molar-refractivity contribution in [3.63, 3.8) is 0 Å². The number of carbonyl (C=O) groups is 2.